The van der Waals surface area contributed by atoms with Crippen LogP contribution in [0.1, 0.15) is 19.8 Å². The first-order valence-electron chi connectivity index (χ1n) is 2.35. The van der Waals surface area contributed by atoms with Gasteiger partial charge in [-0.05, 0) is 0 Å². The van der Waals surface area contributed by atoms with Crippen molar-refractivity contribution in [3.05, 3.63) is 4.84 Å². The second-order valence-electron chi connectivity index (χ2n) is 1.41. The summed E-state index contributed by atoms with van der Waals surface area (Å²) in [6, 6.07) is 0. The van der Waals surface area contributed by atoms with Gasteiger partial charge in [0.15, 0.2) is 4.84 Å². The van der Waals surface area contributed by atoms with Gasteiger partial charge in [0.2, 0.25) is 0 Å². The van der Waals surface area contributed by atoms with Gasteiger partial charge >= 0.3 is 0 Å². The van der Waals surface area contributed by atoms with Gasteiger partial charge in [-0.15, -0.1) is 0 Å². The van der Waals surface area contributed by atoms with E-state index in [1.165, 1.54) is 0 Å². The van der Waals surface area contributed by atoms with Crippen LogP contribution in [0.4, 0.5) is 0 Å². The molecule has 0 aromatic heterocycles. The third-order valence-electron chi connectivity index (χ3n) is 0.725. The normalized spacial score (nSPS) is 10.0. The smallest absolute Gasteiger partial charge is 0.158 e. The number of Topliss-reactive ketones (excluding diaryl/α,β-unsaturated/α-hetero) is 1. The Bertz CT molecular complexity index is 80.5. The molecule has 0 fully saturated rings. The summed E-state index contributed by atoms with van der Waals surface area (Å²) in [6.45, 7) is 1.78. The van der Waals surface area contributed by atoms with E-state index in [0.717, 1.165) is 0 Å². The van der Waals surface area contributed by atoms with Crippen LogP contribution >= 0.6 is 23.2 Å². The first-order chi connectivity index (χ1) is 3.66. The number of carbonyl (C=O) groups is 1. The summed E-state index contributed by atoms with van der Waals surface area (Å²) in [4.78, 5) is 10.6. The first kappa shape index (κ1) is 8.25. The van der Waals surface area contributed by atoms with E-state index in [1.807, 2.05) is 0 Å². The van der Waals surface area contributed by atoms with Gasteiger partial charge in [-0.3, -0.25) is 4.79 Å². The lowest BCUT2D eigenvalue weighted by Crippen LogP contribution is -1.94. The predicted octanol–water partition coefficient (Wildman–Crippen LogP) is 2.32. The van der Waals surface area contributed by atoms with Crippen LogP contribution in [0, 0.1) is 4.84 Å². The van der Waals surface area contributed by atoms with Gasteiger partial charge in [0, 0.05) is 12.8 Å². The molecule has 3 heteroatoms. The zero-order valence-electron chi connectivity index (χ0n) is 4.58. The van der Waals surface area contributed by atoms with E-state index in [-0.39, 0.29) is 17.0 Å². The summed E-state index contributed by atoms with van der Waals surface area (Å²) < 4.78 is 0. The lowest BCUT2D eigenvalue weighted by Gasteiger charge is -1.93. The van der Waals surface area contributed by atoms with Crippen molar-refractivity contribution >= 4 is 29.0 Å². The molecule has 0 unspecified atom stereocenters. The van der Waals surface area contributed by atoms with Crippen LogP contribution in [0.2, 0.25) is 0 Å². The Morgan fingerprint density at radius 1 is 1.50 bits per heavy atom. The van der Waals surface area contributed by atoms with Crippen molar-refractivity contribution in [3.63, 3.8) is 0 Å². The number of halogens is 2. The van der Waals surface area contributed by atoms with E-state index in [0.29, 0.717) is 6.42 Å². The van der Waals surface area contributed by atoms with Gasteiger partial charge in [-0.25, -0.2) is 0 Å². The fraction of sp³-hybridized carbons (Fsp3) is 0.600. The summed E-state index contributed by atoms with van der Waals surface area (Å²) >= 11 is 10.4. The highest BCUT2D eigenvalue weighted by Crippen LogP contribution is 2.17. The molecule has 1 radical (unpaired) electrons. The molecule has 0 aliphatic rings. The maximum atomic E-state index is 10.4. The highest BCUT2D eigenvalue weighted by Gasteiger charge is 2.05. The van der Waals surface area contributed by atoms with Crippen LogP contribution in [0.15, 0.2) is 0 Å². The summed E-state index contributed by atoms with van der Waals surface area (Å²) in [6.07, 6.45) is 0.697. The average Bonchev–Trinajstić information content (AvgIpc) is 1.65. The number of ketones is 1. The zero-order chi connectivity index (χ0) is 6.57. The molecule has 47 valence electrons. The molecule has 0 amide bonds. The van der Waals surface area contributed by atoms with Crippen molar-refractivity contribution in [2.45, 2.75) is 19.8 Å². The molecule has 0 aromatic rings. The fourth-order valence-electron chi connectivity index (χ4n) is 0.274. The van der Waals surface area contributed by atoms with Crippen LogP contribution in [0.25, 0.3) is 0 Å². The molecule has 0 heterocycles. The first-order valence-corrected chi connectivity index (χ1v) is 3.11. The van der Waals surface area contributed by atoms with E-state index < -0.39 is 0 Å². The molecule has 0 saturated carbocycles. The second-order valence-corrected chi connectivity index (χ2v) is 2.51. The summed E-state index contributed by atoms with van der Waals surface area (Å²) in [5, 5.41) is 0. The number of hydrogen-bond acceptors (Lipinski definition) is 1. The Morgan fingerprint density at radius 3 is 2.12 bits per heavy atom. The van der Waals surface area contributed by atoms with E-state index in [9.17, 15) is 4.79 Å². The zero-order valence-corrected chi connectivity index (χ0v) is 6.09. The Hall–Kier alpha value is 0.250. The van der Waals surface area contributed by atoms with Gasteiger partial charge < -0.3 is 0 Å². The van der Waals surface area contributed by atoms with Gasteiger partial charge in [-0.1, -0.05) is 30.1 Å². The van der Waals surface area contributed by atoms with E-state index in [4.69, 9.17) is 23.2 Å². The SMILES string of the molecule is CCC(=O)C[C](Cl)Cl. The van der Waals surface area contributed by atoms with Crippen molar-refractivity contribution in [2.24, 2.45) is 0 Å². The average molecular weight is 154 g/mol. The van der Waals surface area contributed by atoms with Gasteiger partial charge in [0.05, 0.1) is 0 Å². The lowest BCUT2D eigenvalue weighted by molar-refractivity contribution is -0.118. The Kier molecular flexibility index (Phi) is 4.29. The molecular weight excluding hydrogens is 147 g/mol. The summed E-state index contributed by atoms with van der Waals surface area (Å²) in [5.41, 5.74) is 0. The van der Waals surface area contributed by atoms with Crippen molar-refractivity contribution in [2.75, 3.05) is 0 Å². The van der Waals surface area contributed by atoms with Crippen molar-refractivity contribution in [3.8, 4) is 0 Å². The minimum Gasteiger partial charge on any atom is -0.300 e. The highest BCUT2D eigenvalue weighted by molar-refractivity contribution is 6.53. The van der Waals surface area contributed by atoms with Crippen molar-refractivity contribution in [1.29, 1.82) is 0 Å². The largest absolute Gasteiger partial charge is 0.300 e. The molecule has 0 aromatic carbocycles. The molecule has 0 N–H and O–H groups in total. The van der Waals surface area contributed by atoms with E-state index in [2.05, 4.69) is 0 Å². The van der Waals surface area contributed by atoms with Crippen LogP contribution in [0.3, 0.4) is 0 Å². The van der Waals surface area contributed by atoms with Gasteiger partial charge in [0.25, 0.3) is 0 Å². The number of carbonyl (C=O) groups excluding carboxylic acids is 1. The monoisotopic (exact) mass is 153 g/mol. The van der Waals surface area contributed by atoms with E-state index >= 15 is 0 Å². The second kappa shape index (κ2) is 4.16. The minimum atomic E-state index is 0.0741. The lowest BCUT2D eigenvalue weighted by atomic mass is 10.2. The molecule has 0 bridgehead atoms. The van der Waals surface area contributed by atoms with Crippen LogP contribution < -0.4 is 0 Å². The molecule has 1 nitrogen and oxygen atoms in total. The molecule has 0 spiro atoms. The third kappa shape index (κ3) is 4.41. The molecule has 0 aliphatic carbocycles. The van der Waals surface area contributed by atoms with Crippen LogP contribution in [-0.4, -0.2) is 5.78 Å². The van der Waals surface area contributed by atoms with Gasteiger partial charge in [0.1, 0.15) is 5.78 Å². The highest BCUT2D eigenvalue weighted by atomic mass is 35.5. The maximum Gasteiger partial charge on any atom is 0.158 e. The Morgan fingerprint density at radius 2 is 2.00 bits per heavy atom. The molecule has 0 aliphatic heterocycles. The standard InChI is InChI=1S/C5H7Cl2O/c1-2-4(8)3-5(6)7/h2-3H2,1H3. The maximum absolute atomic E-state index is 10.4. The third-order valence-corrected chi connectivity index (χ3v) is 0.992. The quantitative estimate of drug-likeness (QED) is 0.609. The summed E-state index contributed by atoms with van der Waals surface area (Å²) in [5.74, 6) is 0.0741. The number of rotatable bonds is 3. The van der Waals surface area contributed by atoms with Crippen molar-refractivity contribution < 1.29 is 4.79 Å². The van der Waals surface area contributed by atoms with Gasteiger partial charge in [-0.2, -0.15) is 0 Å². The topological polar surface area (TPSA) is 17.1 Å². The fourth-order valence-corrected chi connectivity index (χ4v) is 0.572. The molecular formula is C5H7Cl2O. The van der Waals surface area contributed by atoms with Crippen LogP contribution in [0.5, 0.6) is 0 Å². The predicted molar refractivity (Wildman–Crippen MR) is 34.9 cm³/mol. The molecule has 0 atom stereocenters. The molecule has 0 saturated heterocycles. The Balaban J connectivity index is 3.25. The summed E-state index contributed by atoms with van der Waals surface area (Å²) in [7, 11) is 0. The Labute approximate surface area is 59.0 Å². The molecule has 0 rings (SSSR count). The molecule has 8 heavy (non-hydrogen) atoms. The minimum absolute atomic E-state index is 0.0741. The van der Waals surface area contributed by atoms with E-state index in [1.54, 1.807) is 6.92 Å². The van der Waals surface area contributed by atoms with Crippen molar-refractivity contribution in [1.82, 2.24) is 0 Å². The van der Waals surface area contributed by atoms with Crippen LogP contribution in [-0.2, 0) is 4.79 Å². The number of hydrogen-bond donors (Lipinski definition) is 0.